The summed E-state index contributed by atoms with van der Waals surface area (Å²) in [5.41, 5.74) is 6.55. The average molecular weight is 571 g/mol. The summed E-state index contributed by atoms with van der Waals surface area (Å²) in [6.07, 6.45) is 11.1. The second-order valence-electron chi connectivity index (χ2n) is 13.5. The highest BCUT2D eigenvalue weighted by Crippen LogP contribution is 2.70. The molecule has 5 aliphatic rings. The molecule has 6 atom stereocenters. The molecule has 1 aromatic carbocycles. The van der Waals surface area contributed by atoms with E-state index < -0.39 is 5.41 Å². The first-order valence-electron chi connectivity index (χ1n) is 16.0. The van der Waals surface area contributed by atoms with Crippen LogP contribution in [0.2, 0.25) is 0 Å². The van der Waals surface area contributed by atoms with Crippen LogP contribution < -0.4 is 4.90 Å². The monoisotopic (exact) mass is 570 g/mol. The van der Waals surface area contributed by atoms with E-state index in [1.165, 1.54) is 41.7 Å². The molecule has 1 heterocycles. The van der Waals surface area contributed by atoms with Crippen LogP contribution in [-0.4, -0.2) is 55.2 Å². The fourth-order valence-corrected chi connectivity index (χ4v) is 9.62. The van der Waals surface area contributed by atoms with Gasteiger partial charge in [0.25, 0.3) is 0 Å². The van der Waals surface area contributed by atoms with E-state index in [4.69, 9.17) is 4.74 Å². The van der Waals surface area contributed by atoms with E-state index >= 15 is 0 Å². The number of anilines is 1. The number of oxime groups is 1. The van der Waals surface area contributed by atoms with E-state index in [9.17, 15) is 15.1 Å². The van der Waals surface area contributed by atoms with E-state index in [-0.39, 0.29) is 30.3 Å². The molecule has 0 radical (unpaired) electrons. The van der Waals surface area contributed by atoms with E-state index in [0.717, 1.165) is 50.9 Å². The summed E-state index contributed by atoms with van der Waals surface area (Å²) < 4.78 is 5.41. The van der Waals surface area contributed by atoms with Crippen LogP contribution >= 0.6 is 0 Å². The Kier molecular flexibility index (Phi) is 8.11. The fraction of sp³-hybridized carbons (Fsp3) is 0.611. The Morgan fingerprint density at radius 3 is 2.62 bits per heavy atom. The van der Waals surface area contributed by atoms with Crippen molar-refractivity contribution < 1.29 is 19.8 Å². The smallest absolute Gasteiger partial charge is 0.176 e. The Morgan fingerprint density at radius 1 is 1.17 bits per heavy atom. The van der Waals surface area contributed by atoms with Gasteiger partial charge in [-0.1, -0.05) is 48.5 Å². The summed E-state index contributed by atoms with van der Waals surface area (Å²) in [6.45, 7) is 6.66. The van der Waals surface area contributed by atoms with E-state index in [2.05, 4.69) is 66.1 Å². The molecule has 1 aliphatic heterocycles. The van der Waals surface area contributed by atoms with Gasteiger partial charge >= 0.3 is 0 Å². The highest BCUT2D eigenvalue weighted by Gasteiger charge is 2.65. The van der Waals surface area contributed by atoms with Crippen LogP contribution in [0.3, 0.4) is 0 Å². The lowest BCUT2D eigenvalue weighted by Crippen LogP contribution is -2.52. The van der Waals surface area contributed by atoms with Crippen LogP contribution in [0.5, 0.6) is 0 Å². The van der Waals surface area contributed by atoms with Crippen molar-refractivity contribution in [3.05, 3.63) is 52.6 Å². The van der Waals surface area contributed by atoms with Gasteiger partial charge in [-0.2, -0.15) is 0 Å². The number of ketones is 1. The molecule has 6 heteroatoms. The van der Waals surface area contributed by atoms with Crippen molar-refractivity contribution in [2.75, 3.05) is 38.3 Å². The first kappa shape index (κ1) is 29.2. The quantitative estimate of drug-likeness (QED) is 0.247. The fourth-order valence-electron chi connectivity index (χ4n) is 9.62. The molecule has 1 unspecified atom stereocenters. The summed E-state index contributed by atoms with van der Waals surface area (Å²) in [6, 6.07) is 9.28. The lowest BCUT2D eigenvalue weighted by molar-refractivity contribution is -0.136. The molecular formula is C36H46N2O4. The lowest BCUT2D eigenvalue weighted by atomic mass is 9.47. The minimum Gasteiger partial charge on any atom is -0.411 e. The van der Waals surface area contributed by atoms with Gasteiger partial charge in [-0.15, -0.1) is 0 Å². The average Bonchev–Trinajstić information content (AvgIpc) is 3.33. The van der Waals surface area contributed by atoms with Crippen LogP contribution in [0, 0.1) is 40.4 Å². The summed E-state index contributed by atoms with van der Waals surface area (Å²) in [4.78, 5) is 16.5. The summed E-state index contributed by atoms with van der Waals surface area (Å²) >= 11 is 0. The molecule has 224 valence electrons. The third-order valence-electron chi connectivity index (χ3n) is 11.6. The Hall–Kier alpha value is -2.88. The van der Waals surface area contributed by atoms with Gasteiger partial charge in [-0.25, -0.2) is 0 Å². The maximum Gasteiger partial charge on any atom is 0.176 e. The number of rotatable bonds is 5. The van der Waals surface area contributed by atoms with Crippen LogP contribution in [0.15, 0.2) is 52.2 Å². The Morgan fingerprint density at radius 2 is 1.93 bits per heavy atom. The number of hydrogen-bond donors (Lipinski definition) is 2. The molecule has 1 saturated heterocycles. The largest absolute Gasteiger partial charge is 0.411 e. The van der Waals surface area contributed by atoms with Crippen LogP contribution in [0.25, 0.3) is 0 Å². The first-order chi connectivity index (χ1) is 20.4. The minimum absolute atomic E-state index is 0.0444. The second-order valence-corrected chi connectivity index (χ2v) is 13.5. The summed E-state index contributed by atoms with van der Waals surface area (Å²) in [5, 5.41) is 22.9. The van der Waals surface area contributed by atoms with Gasteiger partial charge in [0, 0.05) is 31.8 Å². The number of benzene rings is 1. The van der Waals surface area contributed by atoms with Gasteiger partial charge < -0.3 is 20.0 Å². The molecule has 6 rings (SSSR count). The number of fused-ring (bicyclic) bond motifs is 4. The Labute approximate surface area is 250 Å². The van der Waals surface area contributed by atoms with Crippen molar-refractivity contribution in [1.82, 2.24) is 0 Å². The van der Waals surface area contributed by atoms with Crippen molar-refractivity contribution in [3.63, 3.8) is 0 Å². The molecule has 2 saturated carbocycles. The van der Waals surface area contributed by atoms with E-state index in [0.29, 0.717) is 24.2 Å². The van der Waals surface area contributed by atoms with Gasteiger partial charge in [0.1, 0.15) is 13.2 Å². The maximum atomic E-state index is 13.9. The molecular weight excluding hydrogens is 524 g/mol. The standard InChI is InChI=1S/C36H46N2O4/c1-24-20-30-32-14-16-36(15-7-19-39,33(40)23-42-3)35(32,2)22-31(34(30)28-13-10-26(37-41)21-29(24)28)25-8-11-27(12-9-25)38-17-5-4-6-18-38/h8-9,11-12,21,24,30-32,39,41H,4-6,10,13-14,16-20,22-23H2,1-3H3/b37-26+/t24?,30-,31+,32-,35-,36+/m0/s1. The third-order valence-corrected chi connectivity index (χ3v) is 11.6. The third kappa shape index (κ3) is 4.64. The highest BCUT2D eigenvalue weighted by atomic mass is 16.5. The van der Waals surface area contributed by atoms with Gasteiger partial charge in [-0.05, 0) is 116 Å². The summed E-state index contributed by atoms with van der Waals surface area (Å²) in [7, 11) is 1.58. The Balaban J connectivity index is 1.49. The topological polar surface area (TPSA) is 82.4 Å². The van der Waals surface area contributed by atoms with E-state index in [1.807, 2.05) is 0 Å². The zero-order valence-electron chi connectivity index (χ0n) is 25.5. The molecule has 0 bridgehead atoms. The number of aliphatic hydroxyl groups excluding tert-OH is 1. The maximum absolute atomic E-state index is 13.9. The zero-order valence-corrected chi connectivity index (χ0v) is 25.5. The lowest BCUT2D eigenvalue weighted by Gasteiger charge is -2.55. The SMILES string of the molecule is COCC(=O)[C@@]1(C#CCO)CC[C@H]2[C@@H]3CC(C)C4=C/C(=N/O)CCC4=C3[C@@H](c3ccc(N4CCCCC4)cc3)C[C@@]21C. The number of carbonyl (C=O) groups excluding carboxylic acids is 1. The molecule has 6 nitrogen and oxygen atoms in total. The van der Waals surface area contributed by atoms with E-state index in [1.54, 1.807) is 12.7 Å². The molecule has 2 N–H and O–H groups in total. The first-order valence-corrected chi connectivity index (χ1v) is 16.0. The van der Waals surface area contributed by atoms with Crippen LogP contribution in [0.4, 0.5) is 5.69 Å². The number of allylic oxidation sites excluding steroid dienone is 4. The second kappa shape index (κ2) is 11.7. The molecule has 0 spiro atoms. The highest BCUT2D eigenvalue weighted by molar-refractivity contribution is 5.97. The molecule has 0 amide bonds. The van der Waals surface area contributed by atoms with Crippen molar-refractivity contribution in [3.8, 4) is 11.8 Å². The van der Waals surface area contributed by atoms with Crippen molar-refractivity contribution in [1.29, 1.82) is 0 Å². The van der Waals surface area contributed by atoms with Gasteiger partial charge in [0.15, 0.2) is 5.78 Å². The molecule has 3 fully saturated rings. The molecule has 1 aromatic rings. The predicted molar refractivity (Wildman–Crippen MR) is 166 cm³/mol. The number of methoxy groups -OCH3 is 1. The van der Waals surface area contributed by atoms with Gasteiger partial charge in [-0.3, -0.25) is 4.79 Å². The number of piperidine rings is 1. The van der Waals surface area contributed by atoms with Crippen molar-refractivity contribution in [2.24, 2.45) is 33.7 Å². The molecule has 42 heavy (non-hydrogen) atoms. The normalized spacial score (nSPS) is 35.1. The van der Waals surface area contributed by atoms with Crippen LogP contribution in [0.1, 0.15) is 83.1 Å². The van der Waals surface area contributed by atoms with Crippen molar-refractivity contribution in [2.45, 2.75) is 77.6 Å². The number of Topliss-reactive ketones (excluding diaryl/α,β-unsaturated/α-hetero) is 1. The predicted octanol–water partition coefficient (Wildman–Crippen LogP) is 6.28. The van der Waals surface area contributed by atoms with Crippen LogP contribution in [-0.2, 0) is 9.53 Å². The number of ether oxygens (including phenoxy) is 1. The summed E-state index contributed by atoms with van der Waals surface area (Å²) in [5.74, 6) is 7.56. The zero-order chi connectivity index (χ0) is 29.5. The number of hydrogen-bond acceptors (Lipinski definition) is 6. The minimum atomic E-state index is -0.832. The number of carbonyl (C=O) groups is 1. The number of nitrogens with zero attached hydrogens (tertiary/aromatic N) is 2. The number of aliphatic hydroxyl groups is 1. The van der Waals surface area contributed by atoms with Gasteiger partial charge in [0.2, 0.25) is 0 Å². The van der Waals surface area contributed by atoms with Crippen molar-refractivity contribution >= 4 is 17.2 Å². The molecule has 4 aliphatic carbocycles. The van der Waals surface area contributed by atoms with Gasteiger partial charge in [0.05, 0.1) is 11.1 Å². The molecule has 0 aromatic heterocycles. The Bertz CT molecular complexity index is 1360.